The molecular weight excluding hydrogens is 224 g/mol. The summed E-state index contributed by atoms with van der Waals surface area (Å²) < 4.78 is 0. The Labute approximate surface area is 99.1 Å². The van der Waals surface area contributed by atoms with E-state index in [1.807, 2.05) is 25.1 Å². The molecule has 0 atom stereocenters. The molecule has 3 nitrogen and oxygen atoms in total. The fraction of sp³-hybridized carbons (Fsp3) is 0.333. The number of fused-ring (bicyclic) bond motifs is 1. The number of aromatic nitrogens is 2. The van der Waals surface area contributed by atoms with E-state index in [0.29, 0.717) is 23.8 Å². The van der Waals surface area contributed by atoms with Gasteiger partial charge in [-0.2, -0.15) is 0 Å². The van der Waals surface area contributed by atoms with E-state index >= 15 is 0 Å². The molecule has 0 aliphatic heterocycles. The van der Waals surface area contributed by atoms with Crippen LogP contribution in [-0.4, -0.2) is 21.7 Å². The van der Waals surface area contributed by atoms with Gasteiger partial charge in [-0.15, -0.1) is 0 Å². The molecule has 0 saturated carbocycles. The van der Waals surface area contributed by atoms with Gasteiger partial charge in [-0.1, -0.05) is 23.2 Å². The summed E-state index contributed by atoms with van der Waals surface area (Å²) >= 11 is 6.10. The molecule has 0 saturated heterocycles. The third-order valence-corrected chi connectivity index (χ3v) is 2.70. The van der Waals surface area contributed by atoms with Gasteiger partial charge < -0.3 is 5.11 Å². The minimum absolute atomic E-state index is 0.146. The molecule has 0 unspecified atom stereocenters. The van der Waals surface area contributed by atoms with Crippen LogP contribution >= 0.6 is 11.6 Å². The quantitative estimate of drug-likeness (QED) is 0.833. The van der Waals surface area contributed by atoms with E-state index in [4.69, 9.17) is 16.7 Å². The Morgan fingerprint density at radius 2 is 2.12 bits per heavy atom. The number of rotatable bonds is 3. The summed E-state index contributed by atoms with van der Waals surface area (Å²) in [4.78, 5) is 8.63. The van der Waals surface area contributed by atoms with Crippen LogP contribution in [0.4, 0.5) is 0 Å². The fourth-order valence-electron chi connectivity index (χ4n) is 1.60. The SMILES string of the molecule is Cc1ccc2nc(CCCO)nc(Cl)c2c1. The largest absolute Gasteiger partial charge is 0.396 e. The predicted octanol–water partition coefficient (Wildman–Crippen LogP) is 2.52. The summed E-state index contributed by atoms with van der Waals surface area (Å²) in [6, 6.07) is 5.93. The summed E-state index contributed by atoms with van der Waals surface area (Å²) in [5.74, 6) is 0.690. The maximum atomic E-state index is 8.76. The molecule has 0 aliphatic rings. The Hall–Kier alpha value is -1.19. The van der Waals surface area contributed by atoms with Gasteiger partial charge in [0.25, 0.3) is 0 Å². The average Bonchev–Trinajstić information content (AvgIpc) is 2.27. The lowest BCUT2D eigenvalue weighted by Gasteiger charge is -2.04. The van der Waals surface area contributed by atoms with E-state index < -0.39 is 0 Å². The molecule has 0 radical (unpaired) electrons. The standard InChI is InChI=1S/C12H13ClN2O/c1-8-4-5-10-9(7-8)12(13)15-11(14-10)3-2-6-16/h4-5,7,16H,2-3,6H2,1H3. The lowest BCUT2D eigenvalue weighted by Crippen LogP contribution is -1.98. The normalized spacial score (nSPS) is 10.9. The molecule has 0 aliphatic carbocycles. The topological polar surface area (TPSA) is 46.0 Å². The van der Waals surface area contributed by atoms with Gasteiger partial charge in [-0.25, -0.2) is 9.97 Å². The summed E-state index contributed by atoms with van der Waals surface area (Å²) in [5.41, 5.74) is 2.00. The van der Waals surface area contributed by atoms with Gasteiger partial charge in [0.05, 0.1) is 5.52 Å². The average molecular weight is 237 g/mol. The van der Waals surface area contributed by atoms with Crippen molar-refractivity contribution < 1.29 is 5.11 Å². The van der Waals surface area contributed by atoms with Crippen molar-refractivity contribution in [2.75, 3.05) is 6.61 Å². The van der Waals surface area contributed by atoms with Gasteiger partial charge in [0.1, 0.15) is 11.0 Å². The van der Waals surface area contributed by atoms with Gasteiger partial charge >= 0.3 is 0 Å². The van der Waals surface area contributed by atoms with Crippen molar-refractivity contribution in [1.29, 1.82) is 0 Å². The van der Waals surface area contributed by atoms with Crippen LogP contribution in [0, 0.1) is 6.92 Å². The highest BCUT2D eigenvalue weighted by molar-refractivity contribution is 6.34. The zero-order valence-corrected chi connectivity index (χ0v) is 9.83. The van der Waals surface area contributed by atoms with Gasteiger partial charge in [0.2, 0.25) is 0 Å². The van der Waals surface area contributed by atoms with E-state index in [0.717, 1.165) is 16.5 Å². The molecule has 0 bridgehead atoms. The minimum Gasteiger partial charge on any atom is -0.396 e. The fourth-order valence-corrected chi connectivity index (χ4v) is 1.85. The number of nitrogens with zero attached hydrogens (tertiary/aromatic N) is 2. The first-order valence-corrected chi connectivity index (χ1v) is 5.62. The molecule has 84 valence electrons. The zero-order valence-electron chi connectivity index (χ0n) is 9.07. The molecule has 2 rings (SSSR count). The van der Waals surface area contributed by atoms with Crippen LogP contribution < -0.4 is 0 Å². The van der Waals surface area contributed by atoms with Crippen molar-refractivity contribution in [3.63, 3.8) is 0 Å². The number of hydrogen-bond donors (Lipinski definition) is 1. The second-order valence-corrected chi connectivity index (χ2v) is 4.14. The monoisotopic (exact) mass is 236 g/mol. The molecule has 4 heteroatoms. The van der Waals surface area contributed by atoms with Crippen LogP contribution in [0.5, 0.6) is 0 Å². The lowest BCUT2D eigenvalue weighted by atomic mass is 10.1. The molecule has 0 amide bonds. The van der Waals surface area contributed by atoms with Gasteiger partial charge in [-0.05, 0) is 25.5 Å². The number of aliphatic hydroxyl groups excluding tert-OH is 1. The highest BCUT2D eigenvalue weighted by Crippen LogP contribution is 2.21. The van der Waals surface area contributed by atoms with Crippen molar-refractivity contribution in [3.05, 3.63) is 34.7 Å². The molecule has 1 aromatic carbocycles. The van der Waals surface area contributed by atoms with Crippen molar-refractivity contribution in [2.45, 2.75) is 19.8 Å². The predicted molar refractivity (Wildman–Crippen MR) is 64.7 cm³/mol. The Morgan fingerprint density at radius 3 is 2.88 bits per heavy atom. The number of benzene rings is 1. The van der Waals surface area contributed by atoms with E-state index in [1.165, 1.54) is 0 Å². The first-order valence-electron chi connectivity index (χ1n) is 5.24. The number of aryl methyl sites for hydroxylation is 2. The van der Waals surface area contributed by atoms with Crippen LogP contribution in [0.25, 0.3) is 10.9 Å². The summed E-state index contributed by atoms with van der Waals surface area (Å²) in [7, 11) is 0. The third kappa shape index (κ3) is 2.31. The van der Waals surface area contributed by atoms with E-state index in [2.05, 4.69) is 9.97 Å². The second-order valence-electron chi connectivity index (χ2n) is 3.78. The highest BCUT2D eigenvalue weighted by atomic mass is 35.5. The Kier molecular flexibility index (Phi) is 3.36. The van der Waals surface area contributed by atoms with Crippen molar-refractivity contribution in [2.24, 2.45) is 0 Å². The first-order chi connectivity index (χ1) is 7.70. The minimum atomic E-state index is 0.146. The van der Waals surface area contributed by atoms with E-state index in [-0.39, 0.29) is 6.61 Å². The number of halogens is 1. The molecule has 1 N–H and O–H groups in total. The first kappa shape index (κ1) is 11.3. The summed E-state index contributed by atoms with van der Waals surface area (Å²) in [6.45, 7) is 2.16. The van der Waals surface area contributed by atoms with E-state index in [9.17, 15) is 0 Å². The Balaban J connectivity index is 2.46. The zero-order chi connectivity index (χ0) is 11.5. The van der Waals surface area contributed by atoms with Crippen LogP contribution in [-0.2, 0) is 6.42 Å². The van der Waals surface area contributed by atoms with Gasteiger partial charge in [0.15, 0.2) is 0 Å². The molecule has 0 spiro atoms. The molecule has 1 aromatic heterocycles. The van der Waals surface area contributed by atoms with Crippen molar-refractivity contribution in [1.82, 2.24) is 9.97 Å². The molecule has 2 aromatic rings. The highest BCUT2D eigenvalue weighted by Gasteiger charge is 2.05. The molecule has 0 fully saturated rings. The summed E-state index contributed by atoms with van der Waals surface area (Å²) in [5, 5.41) is 10.1. The van der Waals surface area contributed by atoms with Crippen molar-refractivity contribution >= 4 is 22.5 Å². The van der Waals surface area contributed by atoms with Crippen LogP contribution in [0.3, 0.4) is 0 Å². The van der Waals surface area contributed by atoms with Crippen LogP contribution in [0.1, 0.15) is 17.8 Å². The summed E-state index contributed by atoms with van der Waals surface area (Å²) in [6.07, 6.45) is 1.31. The molecule has 16 heavy (non-hydrogen) atoms. The Bertz CT molecular complexity index is 514. The van der Waals surface area contributed by atoms with Crippen LogP contribution in [0.2, 0.25) is 5.15 Å². The third-order valence-electron chi connectivity index (χ3n) is 2.41. The number of aliphatic hydroxyl groups is 1. The maximum Gasteiger partial charge on any atom is 0.140 e. The van der Waals surface area contributed by atoms with Gasteiger partial charge in [-0.3, -0.25) is 0 Å². The number of hydrogen-bond acceptors (Lipinski definition) is 3. The van der Waals surface area contributed by atoms with Crippen molar-refractivity contribution in [3.8, 4) is 0 Å². The maximum absolute atomic E-state index is 8.76. The smallest absolute Gasteiger partial charge is 0.140 e. The second kappa shape index (κ2) is 4.76. The van der Waals surface area contributed by atoms with E-state index in [1.54, 1.807) is 0 Å². The molecular formula is C12H13ClN2O. The van der Waals surface area contributed by atoms with Crippen LogP contribution in [0.15, 0.2) is 18.2 Å². The lowest BCUT2D eigenvalue weighted by molar-refractivity contribution is 0.287. The Morgan fingerprint density at radius 1 is 1.31 bits per heavy atom. The molecule has 1 heterocycles. The van der Waals surface area contributed by atoms with Gasteiger partial charge in [0, 0.05) is 18.4 Å².